The lowest BCUT2D eigenvalue weighted by molar-refractivity contribution is 0.763. The van der Waals surface area contributed by atoms with Crippen LogP contribution in [0.3, 0.4) is 0 Å². The van der Waals surface area contributed by atoms with Crippen LogP contribution in [0.4, 0.5) is 0 Å². The first-order valence-electron chi connectivity index (χ1n) is 3.70. The van der Waals surface area contributed by atoms with Gasteiger partial charge in [0.25, 0.3) is 0 Å². The molecule has 0 saturated heterocycles. The number of rotatable bonds is 0. The maximum absolute atomic E-state index is 3.22. The van der Waals surface area contributed by atoms with E-state index >= 15 is 0 Å². The molecule has 0 aromatic rings. The van der Waals surface area contributed by atoms with Gasteiger partial charge in [0.15, 0.2) is 0 Å². The summed E-state index contributed by atoms with van der Waals surface area (Å²) in [6, 6.07) is 0. The topological polar surface area (TPSA) is 0 Å². The maximum atomic E-state index is 3.22. The molecule has 0 saturated carbocycles. The molecule has 0 aromatic carbocycles. The lowest BCUT2D eigenvalue weighted by Gasteiger charge is -1.88. The molecule has 0 N–H and O–H groups in total. The van der Waals surface area contributed by atoms with Crippen molar-refractivity contribution in [3.05, 3.63) is 24.3 Å². The van der Waals surface area contributed by atoms with Crippen LogP contribution in [0.1, 0.15) is 32.1 Å². The average molecular weight is 121 g/mol. The molecule has 1 aliphatic rings. The highest BCUT2D eigenvalue weighted by Crippen LogP contribution is 2.04. The van der Waals surface area contributed by atoms with Gasteiger partial charge in [0.05, 0.1) is 0 Å². The van der Waals surface area contributed by atoms with Gasteiger partial charge in [-0.3, -0.25) is 0 Å². The van der Waals surface area contributed by atoms with Gasteiger partial charge in [0, 0.05) is 0 Å². The van der Waals surface area contributed by atoms with E-state index in [0.29, 0.717) is 0 Å². The Hall–Kier alpha value is -0.520. The molecule has 0 unspecified atom stereocenters. The summed E-state index contributed by atoms with van der Waals surface area (Å²) >= 11 is 0. The number of allylic oxidation sites excluding steroid dienone is 4. The van der Waals surface area contributed by atoms with Crippen LogP contribution in [0.25, 0.3) is 0 Å². The average Bonchev–Trinajstić information content (AvgIpc) is 2.00. The van der Waals surface area contributed by atoms with Crippen LogP contribution in [-0.4, -0.2) is 0 Å². The molecule has 0 heteroatoms. The highest BCUT2D eigenvalue weighted by Gasteiger charge is 1.85. The molecule has 0 atom stereocenters. The van der Waals surface area contributed by atoms with Crippen LogP contribution < -0.4 is 0 Å². The van der Waals surface area contributed by atoms with E-state index < -0.39 is 0 Å². The van der Waals surface area contributed by atoms with Crippen molar-refractivity contribution in [2.24, 2.45) is 0 Å². The summed E-state index contributed by atoms with van der Waals surface area (Å²) in [5.74, 6) is 0. The van der Waals surface area contributed by atoms with E-state index in [1.54, 1.807) is 0 Å². The predicted octanol–water partition coefficient (Wildman–Crippen LogP) is 2.87. The Bertz CT molecular complexity index is 95.2. The van der Waals surface area contributed by atoms with Gasteiger partial charge >= 0.3 is 0 Å². The molecule has 0 bridgehead atoms. The van der Waals surface area contributed by atoms with Gasteiger partial charge in [0.1, 0.15) is 0 Å². The van der Waals surface area contributed by atoms with Crippen LogP contribution in [0.15, 0.2) is 18.2 Å². The molecule has 0 heterocycles. The molecule has 0 aromatic heterocycles. The second-order valence-corrected chi connectivity index (χ2v) is 2.37. The normalized spacial score (nSPS) is 27.6. The molecule has 0 fully saturated rings. The minimum atomic E-state index is 1.01. The SMILES string of the molecule is [C]1=C/CCCC/C=C/C/1. The van der Waals surface area contributed by atoms with Crippen LogP contribution in [0.2, 0.25) is 0 Å². The van der Waals surface area contributed by atoms with E-state index in [9.17, 15) is 0 Å². The van der Waals surface area contributed by atoms with Crippen LogP contribution in [-0.2, 0) is 0 Å². The van der Waals surface area contributed by atoms with Crippen molar-refractivity contribution in [1.29, 1.82) is 0 Å². The second kappa shape index (κ2) is 4.37. The summed E-state index contributed by atoms with van der Waals surface area (Å²) in [4.78, 5) is 0. The van der Waals surface area contributed by atoms with Crippen LogP contribution in [0, 0.1) is 6.08 Å². The zero-order chi connectivity index (χ0) is 6.36. The summed E-state index contributed by atoms with van der Waals surface area (Å²) in [6.07, 6.45) is 16.0. The largest absolute Gasteiger partial charge is 0.0882 e. The third-order valence-electron chi connectivity index (χ3n) is 1.52. The lowest BCUT2D eigenvalue weighted by atomic mass is 10.2. The first-order valence-corrected chi connectivity index (χ1v) is 3.70. The third-order valence-corrected chi connectivity index (χ3v) is 1.52. The first-order chi connectivity index (χ1) is 4.50. The van der Waals surface area contributed by atoms with E-state index in [2.05, 4.69) is 24.3 Å². The summed E-state index contributed by atoms with van der Waals surface area (Å²) in [5, 5.41) is 0. The van der Waals surface area contributed by atoms with E-state index in [1.807, 2.05) is 0 Å². The van der Waals surface area contributed by atoms with Crippen LogP contribution in [0.5, 0.6) is 0 Å². The van der Waals surface area contributed by atoms with E-state index in [4.69, 9.17) is 0 Å². The van der Waals surface area contributed by atoms with Crippen molar-refractivity contribution < 1.29 is 0 Å². The van der Waals surface area contributed by atoms with Gasteiger partial charge in [-0.15, -0.1) is 0 Å². The van der Waals surface area contributed by atoms with Crippen molar-refractivity contribution in [1.82, 2.24) is 0 Å². The Balaban J connectivity index is 2.28. The van der Waals surface area contributed by atoms with Crippen molar-refractivity contribution in [3.8, 4) is 0 Å². The Morgan fingerprint density at radius 2 is 1.89 bits per heavy atom. The summed E-state index contributed by atoms with van der Waals surface area (Å²) in [5.41, 5.74) is 0. The predicted molar refractivity (Wildman–Crippen MR) is 40.0 cm³/mol. The third kappa shape index (κ3) is 3.12. The maximum Gasteiger partial charge on any atom is -0.00979 e. The number of hydrogen-bond donors (Lipinski definition) is 0. The van der Waals surface area contributed by atoms with Crippen molar-refractivity contribution in [3.63, 3.8) is 0 Å². The highest BCUT2D eigenvalue weighted by atomic mass is 13.9. The highest BCUT2D eigenvalue weighted by molar-refractivity contribution is 4.89. The quantitative estimate of drug-likeness (QED) is 0.432. The molecule has 1 radical (unpaired) electrons. The van der Waals surface area contributed by atoms with Crippen molar-refractivity contribution in [2.45, 2.75) is 32.1 Å². The summed E-state index contributed by atoms with van der Waals surface area (Å²) in [6.45, 7) is 0. The minimum Gasteiger partial charge on any atom is -0.0882 e. The lowest BCUT2D eigenvalue weighted by Crippen LogP contribution is -1.69. The van der Waals surface area contributed by atoms with Gasteiger partial charge in [-0.1, -0.05) is 18.2 Å². The van der Waals surface area contributed by atoms with Gasteiger partial charge in [0.2, 0.25) is 0 Å². The molecular weight excluding hydrogens is 108 g/mol. The van der Waals surface area contributed by atoms with Gasteiger partial charge in [-0.05, 0) is 38.2 Å². The van der Waals surface area contributed by atoms with Crippen LogP contribution >= 0.6 is 0 Å². The first kappa shape index (κ1) is 6.60. The Morgan fingerprint density at radius 3 is 2.89 bits per heavy atom. The number of hydrogen-bond acceptors (Lipinski definition) is 0. The fourth-order valence-corrected chi connectivity index (χ4v) is 0.963. The monoisotopic (exact) mass is 121 g/mol. The Labute approximate surface area is 57.3 Å². The van der Waals surface area contributed by atoms with Crippen molar-refractivity contribution in [2.75, 3.05) is 0 Å². The Morgan fingerprint density at radius 1 is 1.00 bits per heavy atom. The fraction of sp³-hybridized carbons (Fsp3) is 0.556. The molecule has 1 aliphatic carbocycles. The molecule has 0 nitrogen and oxygen atoms in total. The van der Waals surface area contributed by atoms with Crippen molar-refractivity contribution >= 4 is 0 Å². The summed E-state index contributed by atoms with van der Waals surface area (Å²) < 4.78 is 0. The molecule has 0 spiro atoms. The second-order valence-electron chi connectivity index (χ2n) is 2.37. The zero-order valence-electron chi connectivity index (χ0n) is 5.77. The molecular formula is C9H13. The molecule has 1 rings (SSSR count). The Kier molecular flexibility index (Phi) is 3.20. The molecule has 0 amide bonds. The molecule has 0 aliphatic heterocycles. The molecule has 9 heavy (non-hydrogen) atoms. The molecule has 49 valence electrons. The van der Waals surface area contributed by atoms with Gasteiger partial charge in [-0.2, -0.15) is 0 Å². The van der Waals surface area contributed by atoms with Gasteiger partial charge in [-0.25, -0.2) is 0 Å². The zero-order valence-corrected chi connectivity index (χ0v) is 5.77. The summed E-state index contributed by atoms with van der Waals surface area (Å²) in [7, 11) is 0. The standard InChI is InChI=1S/C9H13/c1-2-4-6-8-9-7-5-3-1/h1-2,8H,3-5,7,9H2/b2-1+,8-6?. The minimum absolute atomic E-state index is 1.01. The smallest absolute Gasteiger partial charge is 0.00979 e. The fourth-order valence-electron chi connectivity index (χ4n) is 0.963. The van der Waals surface area contributed by atoms with E-state index in [1.165, 1.54) is 25.7 Å². The van der Waals surface area contributed by atoms with E-state index in [-0.39, 0.29) is 0 Å². The van der Waals surface area contributed by atoms with Gasteiger partial charge < -0.3 is 0 Å². The van der Waals surface area contributed by atoms with E-state index in [0.717, 1.165) is 6.42 Å².